The molecular formula is C17H19ClFN. The Morgan fingerprint density at radius 3 is 2.30 bits per heavy atom. The highest BCUT2D eigenvalue weighted by molar-refractivity contribution is 6.31. The number of hydrogen-bond donors (Lipinski definition) is 1. The van der Waals surface area contributed by atoms with Gasteiger partial charge in [-0.2, -0.15) is 0 Å². The van der Waals surface area contributed by atoms with Crippen LogP contribution in [-0.2, 0) is 0 Å². The molecule has 2 rings (SSSR count). The summed E-state index contributed by atoms with van der Waals surface area (Å²) in [5.74, 6) is -0.196. The first-order valence-corrected chi connectivity index (χ1v) is 7.01. The SMILES string of the molecule is CNC(c1ccc(C)cc1Cl)c1c(C)cc(C)cc1F. The zero-order valence-electron chi connectivity index (χ0n) is 12.2. The highest BCUT2D eigenvalue weighted by Gasteiger charge is 2.21. The lowest BCUT2D eigenvalue weighted by Gasteiger charge is -2.22. The van der Waals surface area contributed by atoms with E-state index in [4.69, 9.17) is 11.6 Å². The van der Waals surface area contributed by atoms with Gasteiger partial charge in [0.25, 0.3) is 0 Å². The van der Waals surface area contributed by atoms with Crippen molar-refractivity contribution in [3.63, 3.8) is 0 Å². The second-order valence-electron chi connectivity index (χ2n) is 5.22. The predicted octanol–water partition coefficient (Wildman–Crippen LogP) is 4.71. The highest BCUT2D eigenvalue weighted by Crippen LogP contribution is 2.32. The Labute approximate surface area is 124 Å². The van der Waals surface area contributed by atoms with Gasteiger partial charge in [0.2, 0.25) is 0 Å². The minimum atomic E-state index is -0.247. The van der Waals surface area contributed by atoms with Crippen molar-refractivity contribution in [1.82, 2.24) is 5.32 Å². The normalized spacial score (nSPS) is 12.5. The van der Waals surface area contributed by atoms with Crippen LogP contribution in [0, 0.1) is 26.6 Å². The summed E-state index contributed by atoms with van der Waals surface area (Å²) in [4.78, 5) is 0. The molecule has 0 fully saturated rings. The van der Waals surface area contributed by atoms with Crippen molar-refractivity contribution in [3.05, 3.63) is 69.0 Å². The van der Waals surface area contributed by atoms with E-state index < -0.39 is 0 Å². The molecule has 2 aromatic rings. The second kappa shape index (κ2) is 5.94. The van der Waals surface area contributed by atoms with Gasteiger partial charge in [0, 0.05) is 10.6 Å². The number of benzene rings is 2. The van der Waals surface area contributed by atoms with Gasteiger partial charge in [-0.1, -0.05) is 29.8 Å². The average molecular weight is 292 g/mol. The van der Waals surface area contributed by atoms with Crippen LogP contribution in [0.4, 0.5) is 4.39 Å². The van der Waals surface area contributed by atoms with E-state index in [0.29, 0.717) is 10.6 Å². The predicted molar refractivity (Wildman–Crippen MR) is 83.0 cm³/mol. The standard InChI is InChI=1S/C17H19ClFN/c1-10-5-6-13(14(18)8-10)17(20-4)16-12(3)7-11(2)9-15(16)19/h5-9,17,20H,1-4H3. The molecule has 2 aromatic carbocycles. The van der Waals surface area contributed by atoms with E-state index in [-0.39, 0.29) is 11.9 Å². The third-order valence-corrected chi connectivity index (χ3v) is 3.85. The molecule has 0 spiro atoms. The zero-order valence-corrected chi connectivity index (χ0v) is 13.0. The van der Waals surface area contributed by atoms with Crippen LogP contribution in [-0.4, -0.2) is 7.05 Å². The van der Waals surface area contributed by atoms with Crippen LogP contribution in [0.15, 0.2) is 30.3 Å². The van der Waals surface area contributed by atoms with Gasteiger partial charge in [-0.3, -0.25) is 0 Å². The third-order valence-electron chi connectivity index (χ3n) is 3.53. The van der Waals surface area contributed by atoms with Crippen LogP contribution in [0.5, 0.6) is 0 Å². The first-order valence-electron chi connectivity index (χ1n) is 6.64. The highest BCUT2D eigenvalue weighted by atomic mass is 35.5. The Balaban J connectivity index is 2.58. The first-order chi connectivity index (χ1) is 9.43. The molecule has 1 unspecified atom stereocenters. The molecule has 1 N–H and O–H groups in total. The molecule has 0 saturated heterocycles. The Bertz CT molecular complexity index is 614. The summed E-state index contributed by atoms with van der Waals surface area (Å²) >= 11 is 6.33. The summed E-state index contributed by atoms with van der Waals surface area (Å²) in [6.45, 7) is 5.81. The maximum absolute atomic E-state index is 14.4. The quantitative estimate of drug-likeness (QED) is 0.863. The summed E-state index contributed by atoms with van der Waals surface area (Å²) < 4.78 is 14.4. The molecule has 20 heavy (non-hydrogen) atoms. The van der Waals surface area contributed by atoms with Crippen LogP contribution in [0.25, 0.3) is 0 Å². The van der Waals surface area contributed by atoms with Gasteiger partial charge in [-0.05, 0) is 62.2 Å². The summed E-state index contributed by atoms with van der Waals surface area (Å²) in [6.07, 6.45) is 0. The molecule has 0 aliphatic carbocycles. The first kappa shape index (κ1) is 15.0. The van der Waals surface area contributed by atoms with E-state index >= 15 is 0 Å². The molecule has 0 bridgehead atoms. The molecular weight excluding hydrogens is 273 g/mol. The van der Waals surface area contributed by atoms with Crippen molar-refractivity contribution in [3.8, 4) is 0 Å². The second-order valence-corrected chi connectivity index (χ2v) is 5.63. The Morgan fingerprint density at radius 2 is 1.75 bits per heavy atom. The lowest BCUT2D eigenvalue weighted by atomic mass is 9.93. The Hall–Kier alpha value is -1.38. The fourth-order valence-electron chi connectivity index (χ4n) is 2.61. The minimum Gasteiger partial charge on any atom is -0.309 e. The molecule has 1 nitrogen and oxygen atoms in total. The van der Waals surface area contributed by atoms with Gasteiger partial charge in [-0.25, -0.2) is 4.39 Å². The van der Waals surface area contributed by atoms with Gasteiger partial charge in [0.05, 0.1) is 6.04 Å². The van der Waals surface area contributed by atoms with Gasteiger partial charge in [-0.15, -0.1) is 0 Å². The van der Waals surface area contributed by atoms with Crippen molar-refractivity contribution < 1.29 is 4.39 Å². The number of rotatable bonds is 3. The number of hydrogen-bond acceptors (Lipinski definition) is 1. The monoisotopic (exact) mass is 291 g/mol. The minimum absolute atomic E-state index is 0.196. The Kier molecular flexibility index (Phi) is 4.46. The Morgan fingerprint density at radius 1 is 1.05 bits per heavy atom. The summed E-state index contributed by atoms with van der Waals surface area (Å²) in [7, 11) is 1.82. The average Bonchev–Trinajstić information content (AvgIpc) is 2.34. The van der Waals surface area contributed by atoms with Crippen molar-refractivity contribution in [1.29, 1.82) is 0 Å². The molecule has 0 amide bonds. The van der Waals surface area contributed by atoms with Crippen LogP contribution >= 0.6 is 11.6 Å². The van der Waals surface area contributed by atoms with Crippen LogP contribution < -0.4 is 5.32 Å². The molecule has 0 aliphatic rings. The number of halogens is 2. The molecule has 0 aromatic heterocycles. The summed E-state index contributed by atoms with van der Waals surface area (Å²) in [6, 6.07) is 9.16. The van der Waals surface area contributed by atoms with E-state index in [2.05, 4.69) is 5.32 Å². The zero-order chi connectivity index (χ0) is 14.9. The fraction of sp³-hybridized carbons (Fsp3) is 0.294. The maximum Gasteiger partial charge on any atom is 0.128 e. The largest absolute Gasteiger partial charge is 0.309 e. The van der Waals surface area contributed by atoms with Crippen LogP contribution in [0.2, 0.25) is 5.02 Å². The fourth-order valence-corrected chi connectivity index (χ4v) is 2.96. The van der Waals surface area contributed by atoms with E-state index in [1.165, 1.54) is 0 Å². The smallest absolute Gasteiger partial charge is 0.128 e. The van der Waals surface area contributed by atoms with Gasteiger partial charge < -0.3 is 5.32 Å². The summed E-state index contributed by atoms with van der Waals surface area (Å²) in [5.41, 5.74) is 4.50. The number of nitrogens with one attached hydrogen (secondary N) is 1. The van der Waals surface area contributed by atoms with E-state index in [9.17, 15) is 4.39 Å². The molecule has 106 valence electrons. The lowest BCUT2D eigenvalue weighted by molar-refractivity contribution is 0.572. The van der Waals surface area contributed by atoms with Crippen molar-refractivity contribution in [2.75, 3.05) is 7.05 Å². The van der Waals surface area contributed by atoms with Crippen molar-refractivity contribution >= 4 is 11.6 Å². The van der Waals surface area contributed by atoms with Gasteiger partial charge in [0.15, 0.2) is 0 Å². The van der Waals surface area contributed by atoms with Crippen LogP contribution in [0.3, 0.4) is 0 Å². The molecule has 0 radical (unpaired) electrons. The molecule has 1 atom stereocenters. The third kappa shape index (κ3) is 2.87. The molecule has 0 heterocycles. The van der Waals surface area contributed by atoms with E-state index in [1.807, 2.05) is 52.1 Å². The topological polar surface area (TPSA) is 12.0 Å². The molecule has 0 aliphatic heterocycles. The molecule has 0 saturated carbocycles. The number of aryl methyl sites for hydroxylation is 3. The van der Waals surface area contributed by atoms with Crippen molar-refractivity contribution in [2.24, 2.45) is 0 Å². The van der Waals surface area contributed by atoms with E-state index in [0.717, 1.165) is 22.3 Å². The lowest BCUT2D eigenvalue weighted by Crippen LogP contribution is -2.20. The molecule has 3 heteroatoms. The summed E-state index contributed by atoms with van der Waals surface area (Å²) in [5, 5.41) is 3.83. The van der Waals surface area contributed by atoms with Crippen molar-refractivity contribution in [2.45, 2.75) is 26.8 Å². The van der Waals surface area contributed by atoms with Gasteiger partial charge >= 0.3 is 0 Å². The maximum atomic E-state index is 14.4. The van der Waals surface area contributed by atoms with E-state index in [1.54, 1.807) is 6.07 Å². The van der Waals surface area contributed by atoms with Gasteiger partial charge in [0.1, 0.15) is 5.82 Å². The van der Waals surface area contributed by atoms with Crippen LogP contribution in [0.1, 0.15) is 33.9 Å².